The Morgan fingerprint density at radius 1 is 1.43 bits per heavy atom. The third kappa shape index (κ3) is 2.86. The summed E-state index contributed by atoms with van der Waals surface area (Å²) in [7, 11) is 1.76. The summed E-state index contributed by atoms with van der Waals surface area (Å²) in [6.07, 6.45) is 4.04. The Morgan fingerprint density at radius 3 is 2.86 bits per heavy atom. The van der Waals surface area contributed by atoms with Crippen LogP contribution in [0.25, 0.3) is 0 Å². The van der Waals surface area contributed by atoms with E-state index < -0.39 is 0 Å². The van der Waals surface area contributed by atoms with Crippen LogP contribution in [0, 0.1) is 0 Å². The van der Waals surface area contributed by atoms with Gasteiger partial charge in [0.2, 0.25) is 0 Å². The summed E-state index contributed by atoms with van der Waals surface area (Å²) in [5, 5.41) is 9.49. The molecule has 1 aliphatic carbocycles. The van der Waals surface area contributed by atoms with E-state index in [1.165, 1.54) is 0 Å². The highest BCUT2D eigenvalue weighted by Gasteiger charge is 2.28. The van der Waals surface area contributed by atoms with Crippen molar-refractivity contribution in [3.63, 3.8) is 0 Å². The first-order chi connectivity index (χ1) is 10.0. The van der Waals surface area contributed by atoms with Gasteiger partial charge in [-0.2, -0.15) is 0 Å². The van der Waals surface area contributed by atoms with E-state index >= 15 is 0 Å². The highest BCUT2D eigenvalue weighted by molar-refractivity contribution is 5.93. The monoisotopic (exact) mass is 285 g/mol. The molecule has 2 aromatic rings. The Hall–Kier alpha value is -2.43. The van der Waals surface area contributed by atoms with Crippen molar-refractivity contribution in [2.75, 3.05) is 12.8 Å². The summed E-state index contributed by atoms with van der Waals surface area (Å²) in [4.78, 5) is 14.2. The highest BCUT2D eigenvalue weighted by Crippen LogP contribution is 2.37. The number of aromatic nitrogens is 1. The van der Waals surface area contributed by atoms with Crippen LogP contribution in [0.2, 0.25) is 0 Å². The number of anilines is 1. The molecule has 5 nitrogen and oxygen atoms in total. The van der Waals surface area contributed by atoms with Gasteiger partial charge in [0.1, 0.15) is 11.4 Å². The third-order valence-corrected chi connectivity index (χ3v) is 3.71. The molecular formula is C16H19N3O2. The molecule has 1 fully saturated rings. The predicted molar refractivity (Wildman–Crippen MR) is 81.0 cm³/mol. The maximum Gasteiger partial charge on any atom is 0.270 e. The Balaban J connectivity index is 1.78. The molecule has 0 saturated heterocycles. The Bertz CT molecular complexity index is 674. The van der Waals surface area contributed by atoms with Crippen molar-refractivity contribution in [3.05, 3.63) is 47.8 Å². The molecule has 1 aromatic heterocycles. The zero-order chi connectivity index (χ0) is 15.0. The van der Waals surface area contributed by atoms with E-state index in [1.807, 2.05) is 16.8 Å². The molecule has 0 aliphatic heterocycles. The van der Waals surface area contributed by atoms with Crippen LogP contribution < -0.4 is 5.73 Å². The molecular weight excluding hydrogens is 266 g/mol. The van der Waals surface area contributed by atoms with Gasteiger partial charge in [-0.25, -0.2) is 0 Å². The van der Waals surface area contributed by atoms with Crippen LogP contribution in [0.4, 0.5) is 5.69 Å². The Kier molecular flexibility index (Phi) is 3.33. The normalized spacial score (nSPS) is 14.1. The maximum absolute atomic E-state index is 12.6. The fourth-order valence-corrected chi connectivity index (χ4v) is 2.52. The lowest BCUT2D eigenvalue weighted by Gasteiger charge is -2.18. The summed E-state index contributed by atoms with van der Waals surface area (Å²) in [6.45, 7) is 0.447. The Morgan fingerprint density at radius 2 is 2.19 bits per heavy atom. The van der Waals surface area contributed by atoms with Gasteiger partial charge >= 0.3 is 0 Å². The average molecular weight is 285 g/mol. The van der Waals surface area contributed by atoms with Crippen molar-refractivity contribution in [1.82, 2.24) is 9.47 Å². The van der Waals surface area contributed by atoms with Gasteiger partial charge in [0.15, 0.2) is 0 Å². The number of phenolic OH excluding ortho intramolecular Hbond substituents is 1. The number of amides is 1. The number of benzene rings is 1. The zero-order valence-electron chi connectivity index (χ0n) is 12.0. The number of phenols is 1. The van der Waals surface area contributed by atoms with Gasteiger partial charge in [-0.05, 0) is 36.6 Å². The van der Waals surface area contributed by atoms with Crippen molar-refractivity contribution in [2.24, 2.45) is 0 Å². The fraction of sp³-hybridized carbons (Fsp3) is 0.312. The number of nitrogens with zero attached hydrogens (tertiary/aromatic N) is 2. The van der Waals surface area contributed by atoms with Crippen molar-refractivity contribution < 1.29 is 9.90 Å². The highest BCUT2D eigenvalue weighted by atomic mass is 16.3. The lowest BCUT2D eigenvalue weighted by molar-refractivity contribution is 0.0774. The van der Waals surface area contributed by atoms with Crippen LogP contribution in [0.3, 0.4) is 0 Å². The molecule has 0 unspecified atom stereocenters. The Labute approximate surface area is 123 Å². The molecule has 1 amide bonds. The lowest BCUT2D eigenvalue weighted by Crippen LogP contribution is -2.28. The zero-order valence-corrected chi connectivity index (χ0v) is 12.0. The molecule has 1 aromatic carbocycles. The van der Waals surface area contributed by atoms with Crippen LogP contribution in [0.1, 0.15) is 34.9 Å². The molecule has 0 bridgehead atoms. The fourth-order valence-electron chi connectivity index (χ4n) is 2.52. The van der Waals surface area contributed by atoms with Crippen LogP contribution in [-0.2, 0) is 6.54 Å². The second kappa shape index (κ2) is 5.16. The minimum Gasteiger partial charge on any atom is -0.508 e. The van der Waals surface area contributed by atoms with Crippen LogP contribution in [0.5, 0.6) is 5.75 Å². The van der Waals surface area contributed by atoms with Crippen LogP contribution in [0.15, 0.2) is 36.5 Å². The average Bonchev–Trinajstić information content (AvgIpc) is 3.21. The quantitative estimate of drug-likeness (QED) is 0.906. The van der Waals surface area contributed by atoms with E-state index in [0.29, 0.717) is 24.0 Å². The van der Waals surface area contributed by atoms with Crippen LogP contribution in [-0.4, -0.2) is 27.5 Å². The first-order valence-electron chi connectivity index (χ1n) is 7.05. The molecule has 0 atom stereocenters. The molecule has 3 rings (SSSR count). The number of aromatic hydroxyl groups is 1. The van der Waals surface area contributed by atoms with Gasteiger partial charge in [0, 0.05) is 25.8 Å². The maximum atomic E-state index is 12.6. The molecule has 1 heterocycles. The molecule has 1 saturated carbocycles. The third-order valence-electron chi connectivity index (χ3n) is 3.71. The van der Waals surface area contributed by atoms with Gasteiger partial charge < -0.3 is 20.3 Å². The van der Waals surface area contributed by atoms with Crippen molar-refractivity contribution in [3.8, 4) is 5.75 Å². The number of rotatable bonds is 4. The molecule has 5 heteroatoms. The van der Waals surface area contributed by atoms with E-state index in [-0.39, 0.29) is 11.7 Å². The summed E-state index contributed by atoms with van der Waals surface area (Å²) < 4.78 is 1.98. The van der Waals surface area contributed by atoms with Crippen molar-refractivity contribution in [1.29, 1.82) is 0 Å². The van der Waals surface area contributed by atoms with E-state index in [0.717, 1.165) is 18.4 Å². The number of nitrogen functional groups attached to an aromatic ring is 1. The first kappa shape index (κ1) is 13.5. The molecule has 0 spiro atoms. The topological polar surface area (TPSA) is 71.5 Å². The van der Waals surface area contributed by atoms with Gasteiger partial charge in [-0.3, -0.25) is 4.79 Å². The second-order valence-electron chi connectivity index (χ2n) is 5.63. The first-order valence-corrected chi connectivity index (χ1v) is 7.05. The largest absolute Gasteiger partial charge is 0.508 e. The number of nitrogens with two attached hydrogens (primary N) is 1. The summed E-state index contributed by atoms with van der Waals surface area (Å²) in [6, 6.07) is 9.09. The van der Waals surface area contributed by atoms with E-state index in [9.17, 15) is 9.90 Å². The van der Waals surface area contributed by atoms with E-state index in [1.54, 1.807) is 36.2 Å². The second-order valence-corrected chi connectivity index (χ2v) is 5.63. The van der Waals surface area contributed by atoms with Gasteiger partial charge in [-0.1, -0.05) is 12.1 Å². The molecule has 0 radical (unpaired) electrons. The summed E-state index contributed by atoms with van der Waals surface area (Å²) in [5.74, 6) is 0.154. The predicted octanol–water partition coefficient (Wildman–Crippen LogP) is 2.38. The van der Waals surface area contributed by atoms with E-state index in [2.05, 4.69) is 0 Å². The number of carbonyl (C=O) groups is 1. The number of hydrogen-bond donors (Lipinski definition) is 2. The smallest absolute Gasteiger partial charge is 0.270 e. The minimum absolute atomic E-state index is 0.0538. The minimum atomic E-state index is -0.0538. The van der Waals surface area contributed by atoms with Gasteiger partial charge in [0.25, 0.3) is 5.91 Å². The standard InChI is InChI=1S/C16H19N3O2/c1-18(9-11-3-2-4-14(20)7-11)16(21)15-8-12(17)10-19(15)13-5-6-13/h2-4,7-8,10,13,20H,5-6,9,17H2,1H3. The summed E-state index contributed by atoms with van der Waals surface area (Å²) in [5.41, 5.74) is 7.98. The molecule has 21 heavy (non-hydrogen) atoms. The number of carbonyl (C=O) groups excluding carboxylic acids is 1. The number of hydrogen-bond acceptors (Lipinski definition) is 3. The van der Waals surface area contributed by atoms with Crippen LogP contribution >= 0.6 is 0 Å². The van der Waals surface area contributed by atoms with Gasteiger partial charge in [0.05, 0.1) is 5.69 Å². The SMILES string of the molecule is CN(Cc1cccc(O)c1)C(=O)c1cc(N)cn1C1CC1. The van der Waals surface area contributed by atoms with E-state index in [4.69, 9.17) is 5.73 Å². The van der Waals surface area contributed by atoms with Crippen molar-refractivity contribution in [2.45, 2.75) is 25.4 Å². The van der Waals surface area contributed by atoms with Crippen molar-refractivity contribution >= 4 is 11.6 Å². The molecule has 3 N–H and O–H groups in total. The molecule has 110 valence electrons. The summed E-state index contributed by atoms with van der Waals surface area (Å²) >= 11 is 0. The molecule has 1 aliphatic rings. The van der Waals surface area contributed by atoms with Gasteiger partial charge in [-0.15, -0.1) is 0 Å². The lowest BCUT2D eigenvalue weighted by atomic mass is 10.2.